The van der Waals surface area contributed by atoms with E-state index in [1.165, 1.54) is 7.11 Å². The molecule has 1 saturated carbocycles. The Balaban J connectivity index is 1.88. The number of carbonyl (C=O) groups is 1. The van der Waals surface area contributed by atoms with E-state index in [4.69, 9.17) is 4.74 Å². The quantitative estimate of drug-likeness (QED) is 0.849. The van der Waals surface area contributed by atoms with Gasteiger partial charge < -0.3 is 14.8 Å². The van der Waals surface area contributed by atoms with Gasteiger partial charge in [0.05, 0.1) is 18.8 Å². The molecule has 1 fully saturated rings. The minimum atomic E-state index is -0.299. The topological polar surface area (TPSA) is 47.6 Å². The van der Waals surface area contributed by atoms with Crippen LogP contribution in [0.2, 0.25) is 0 Å². The van der Waals surface area contributed by atoms with Gasteiger partial charge in [0.2, 0.25) is 0 Å². The third-order valence-electron chi connectivity index (χ3n) is 3.68. The molecule has 19 heavy (non-hydrogen) atoms. The van der Waals surface area contributed by atoms with Crippen LogP contribution in [0.5, 0.6) is 0 Å². The van der Waals surface area contributed by atoms with Gasteiger partial charge in [0.15, 0.2) is 0 Å². The second kappa shape index (κ2) is 6.57. The summed E-state index contributed by atoms with van der Waals surface area (Å²) in [6, 6.07) is 7.92. The van der Waals surface area contributed by atoms with Gasteiger partial charge in [-0.25, -0.2) is 4.79 Å². The first-order chi connectivity index (χ1) is 9.22. The van der Waals surface area contributed by atoms with E-state index < -0.39 is 0 Å². The molecule has 1 aliphatic rings. The fourth-order valence-corrected chi connectivity index (χ4v) is 2.50. The number of carbonyl (C=O) groups excluding carboxylic acids is 1. The molecule has 0 radical (unpaired) electrons. The summed E-state index contributed by atoms with van der Waals surface area (Å²) in [4.78, 5) is 11.3. The molecule has 1 aliphatic carbocycles. The van der Waals surface area contributed by atoms with Crippen molar-refractivity contribution in [1.29, 1.82) is 0 Å². The zero-order valence-corrected chi connectivity index (χ0v) is 11.5. The summed E-state index contributed by atoms with van der Waals surface area (Å²) in [7, 11) is 3.17. The molecule has 0 bridgehead atoms. The molecule has 104 valence electrons. The Labute approximate surface area is 114 Å². The zero-order chi connectivity index (χ0) is 13.7. The van der Waals surface area contributed by atoms with Gasteiger partial charge in [-0.2, -0.15) is 0 Å². The number of methoxy groups -OCH3 is 2. The van der Waals surface area contributed by atoms with Gasteiger partial charge >= 0.3 is 5.97 Å². The average Bonchev–Trinajstić information content (AvgIpc) is 2.48. The van der Waals surface area contributed by atoms with Crippen LogP contribution in [0.1, 0.15) is 36.0 Å². The lowest BCUT2D eigenvalue weighted by molar-refractivity contribution is 0.0600. The third-order valence-corrected chi connectivity index (χ3v) is 3.68. The molecule has 1 aromatic rings. The van der Waals surface area contributed by atoms with Gasteiger partial charge in [-0.05, 0) is 49.9 Å². The summed E-state index contributed by atoms with van der Waals surface area (Å²) in [5.41, 5.74) is 1.63. The van der Waals surface area contributed by atoms with Crippen molar-refractivity contribution in [2.24, 2.45) is 0 Å². The van der Waals surface area contributed by atoms with Crippen LogP contribution < -0.4 is 5.32 Å². The molecule has 0 aromatic heterocycles. The minimum Gasteiger partial charge on any atom is -0.465 e. The molecule has 0 aliphatic heterocycles. The number of anilines is 1. The Kier molecular flexibility index (Phi) is 4.80. The smallest absolute Gasteiger partial charge is 0.337 e. The lowest BCUT2D eigenvalue weighted by atomic mass is 9.93. The molecule has 0 heterocycles. The summed E-state index contributed by atoms with van der Waals surface area (Å²) >= 11 is 0. The van der Waals surface area contributed by atoms with Gasteiger partial charge in [0.1, 0.15) is 0 Å². The highest BCUT2D eigenvalue weighted by Crippen LogP contribution is 2.24. The Morgan fingerprint density at radius 1 is 1.11 bits per heavy atom. The molecule has 2 rings (SSSR count). The second-order valence-electron chi connectivity index (χ2n) is 4.92. The maximum absolute atomic E-state index is 11.3. The number of rotatable bonds is 4. The number of ether oxygens (including phenoxy) is 2. The summed E-state index contributed by atoms with van der Waals surface area (Å²) in [5.74, 6) is -0.299. The van der Waals surface area contributed by atoms with Crippen molar-refractivity contribution in [3.05, 3.63) is 29.8 Å². The fourth-order valence-electron chi connectivity index (χ4n) is 2.50. The molecule has 0 unspecified atom stereocenters. The van der Waals surface area contributed by atoms with Gasteiger partial charge in [-0.15, -0.1) is 0 Å². The predicted molar refractivity (Wildman–Crippen MR) is 74.5 cm³/mol. The number of esters is 1. The SMILES string of the molecule is COC(=O)c1ccc(NC2CCC(OC)CC2)cc1. The van der Waals surface area contributed by atoms with E-state index in [9.17, 15) is 4.79 Å². The molecule has 4 heteroatoms. The van der Waals surface area contributed by atoms with E-state index in [0.29, 0.717) is 17.7 Å². The monoisotopic (exact) mass is 263 g/mol. The molecule has 0 saturated heterocycles. The summed E-state index contributed by atoms with van der Waals surface area (Å²) in [5, 5.41) is 3.50. The molecule has 1 aromatic carbocycles. The number of hydrogen-bond acceptors (Lipinski definition) is 4. The van der Waals surface area contributed by atoms with Crippen LogP contribution >= 0.6 is 0 Å². The first-order valence-corrected chi connectivity index (χ1v) is 6.70. The van der Waals surface area contributed by atoms with E-state index in [1.807, 2.05) is 12.1 Å². The summed E-state index contributed by atoms with van der Waals surface area (Å²) in [6.45, 7) is 0. The predicted octanol–water partition coefficient (Wildman–Crippen LogP) is 2.84. The van der Waals surface area contributed by atoms with E-state index in [2.05, 4.69) is 10.1 Å². The van der Waals surface area contributed by atoms with Crippen molar-refractivity contribution in [1.82, 2.24) is 0 Å². The first kappa shape index (κ1) is 13.9. The normalized spacial score (nSPS) is 22.8. The summed E-state index contributed by atoms with van der Waals surface area (Å²) < 4.78 is 10.0. The van der Waals surface area contributed by atoms with E-state index >= 15 is 0 Å². The van der Waals surface area contributed by atoms with Gasteiger partial charge in [-0.3, -0.25) is 0 Å². The number of hydrogen-bond donors (Lipinski definition) is 1. The lowest BCUT2D eigenvalue weighted by Gasteiger charge is -2.28. The Morgan fingerprint density at radius 3 is 2.26 bits per heavy atom. The molecule has 4 nitrogen and oxygen atoms in total. The lowest BCUT2D eigenvalue weighted by Crippen LogP contribution is -2.29. The molecular formula is C15H21NO3. The summed E-state index contributed by atoms with van der Waals surface area (Å²) in [6.07, 6.45) is 4.87. The van der Waals surface area contributed by atoms with Crippen molar-refractivity contribution in [2.45, 2.75) is 37.8 Å². The van der Waals surface area contributed by atoms with Crippen molar-refractivity contribution >= 4 is 11.7 Å². The van der Waals surface area contributed by atoms with Crippen molar-refractivity contribution in [3.63, 3.8) is 0 Å². The van der Waals surface area contributed by atoms with Crippen molar-refractivity contribution in [2.75, 3.05) is 19.5 Å². The highest BCUT2D eigenvalue weighted by Gasteiger charge is 2.20. The van der Waals surface area contributed by atoms with Gasteiger partial charge in [0, 0.05) is 18.8 Å². The first-order valence-electron chi connectivity index (χ1n) is 6.70. The highest BCUT2D eigenvalue weighted by atomic mass is 16.5. The van der Waals surface area contributed by atoms with Crippen LogP contribution in [0.4, 0.5) is 5.69 Å². The van der Waals surface area contributed by atoms with Crippen LogP contribution in [-0.2, 0) is 9.47 Å². The Morgan fingerprint density at radius 2 is 1.74 bits per heavy atom. The number of benzene rings is 1. The maximum Gasteiger partial charge on any atom is 0.337 e. The van der Waals surface area contributed by atoms with Gasteiger partial charge in [0.25, 0.3) is 0 Å². The van der Waals surface area contributed by atoms with Crippen LogP contribution in [0, 0.1) is 0 Å². The Bertz CT molecular complexity index is 408. The van der Waals surface area contributed by atoms with Crippen LogP contribution in [0.25, 0.3) is 0 Å². The maximum atomic E-state index is 11.3. The van der Waals surface area contributed by atoms with Gasteiger partial charge in [-0.1, -0.05) is 0 Å². The fraction of sp³-hybridized carbons (Fsp3) is 0.533. The molecule has 0 spiro atoms. The molecule has 0 amide bonds. The van der Waals surface area contributed by atoms with Crippen molar-refractivity contribution in [3.8, 4) is 0 Å². The Hall–Kier alpha value is -1.55. The molecular weight excluding hydrogens is 242 g/mol. The van der Waals surface area contributed by atoms with Crippen LogP contribution in [-0.4, -0.2) is 32.3 Å². The standard InChI is InChI=1S/C15H21NO3/c1-18-14-9-7-13(8-10-14)16-12-5-3-11(4-6-12)15(17)19-2/h3-6,13-14,16H,7-10H2,1-2H3. The highest BCUT2D eigenvalue weighted by molar-refractivity contribution is 5.89. The van der Waals surface area contributed by atoms with Crippen LogP contribution in [0.15, 0.2) is 24.3 Å². The van der Waals surface area contributed by atoms with E-state index in [0.717, 1.165) is 31.4 Å². The van der Waals surface area contributed by atoms with Crippen molar-refractivity contribution < 1.29 is 14.3 Å². The minimum absolute atomic E-state index is 0.299. The third kappa shape index (κ3) is 3.70. The van der Waals surface area contributed by atoms with E-state index in [1.54, 1.807) is 19.2 Å². The molecule has 1 N–H and O–H groups in total. The van der Waals surface area contributed by atoms with Crippen LogP contribution in [0.3, 0.4) is 0 Å². The molecule has 0 atom stereocenters. The number of nitrogens with one attached hydrogen (secondary N) is 1. The second-order valence-corrected chi connectivity index (χ2v) is 4.92. The van der Waals surface area contributed by atoms with E-state index in [-0.39, 0.29) is 5.97 Å². The average molecular weight is 263 g/mol. The zero-order valence-electron chi connectivity index (χ0n) is 11.5. The largest absolute Gasteiger partial charge is 0.465 e.